The van der Waals surface area contributed by atoms with Crippen LogP contribution in [0.25, 0.3) is 21.7 Å². The van der Waals surface area contributed by atoms with Crippen molar-refractivity contribution in [3.05, 3.63) is 86.2 Å². The van der Waals surface area contributed by atoms with Crippen molar-refractivity contribution in [2.24, 2.45) is 0 Å². The topological polar surface area (TPSA) is 65.7 Å². The summed E-state index contributed by atoms with van der Waals surface area (Å²) in [5.74, 6) is -0.0870. The van der Waals surface area contributed by atoms with Crippen molar-refractivity contribution in [1.82, 2.24) is 0 Å². The second-order valence-electron chi connectivity index (χ2n) is 7.40. The monoisotopic (exact) mass is 436 g/mol. The van der Waals surface area contributed by atoms with E-state index in [1.165, 1.54) is 7.11 Å². The lowest BCUT2D eigenvalue weighted by Gasteiger charge is -2.14. The molecule has 0 bridgehead atoms. The number of aryl methyl sites for hydroxylation is 2. The molecule has 0 aliphatic heterocycles. The van der Waals surface area contributed by atoms with Crippen molar-refractivity contribution in [1.29, 1.82) is 0 Å². The summed E-state index contributed by atoms with van der Waals surface area (Å²) < 4.78 is 16.2. The zero-order valence-electron chi connectivity index (χ0n) is 17.5. The molecule has 0 radical (unpaired) electrons. The number of benzene rings is 3. The second-order valence-corrected chi connectivity index (χ2v) is 7.80. The van der Waals surface area contributed by atoms with E-state index in [2.05, 4.69) is 29.0 Å². The number of carbonyl (C=O) groups is 1. The van der Waals surface area contributed by atoms with E-state index in [-0.39, 0.29) is 12.0 Å². The van der Waals surface area contributed by atoms with Gasteiger partial charge in [-0.3, -0.25) is 4.79 Å². The first-order valence-electron chi connectivity index (χ1n) is 9.81. The number of hydrogen-bond acceptors (Lipinski definition) is 5. The van der Waals surface area contributed by atoms with Gasteiger partial charge in [0.2, 0.25) is 0 Å². The molecule has 1 heterocycles. The van der Waals surface area contributed by atoms with E-state index in [0.29, 0.717) is 33.9 Å². The predicted octanol–water partition coefficient (Wildman–Crippen LogP) is 5.51. The average Bonchev–Trinajstić information content (AvgIpc) is 2.76. The van der Waals surface area contributed by atoms with Crippen molar-refractivity contribution in [3.63, 3.8) is 0 Å². The van der Waals surface area contributed by atoms with Gasteiger partial charge in [-0.05, 0) is 41.8 Å². The van der Waals surface area contributed by atoms with Gasteiger partial charge in [-0.1, -0.05) is 48.0 Å². The molecule has 0 amide bonds. The van der Waals surface area contributed by atoms with E-state index < -0.39 is 11.6 Å². The quantitative estimate of drug-likeness (QED) is 0.305. The molecule has 0 aliphatic carbocycles. The Hall–Kier alpha value is -3.31. The van der Waals surface area contributed by atoms with E-state index in [1.807, 2.05) is 19.1 Å². The van der Waals surface area contributed by atoms with Gasteiger partial charge in [0.05, 0.1) is 24.1 Å². The number of esters is 1. The molecule has 4 rings (SSSR count). The summed E-state index contributed by atoms with van der Waals surface area (Å²) in [6.45, 7) is 4.12. The van der Waals surface area contributed by atoms with Crippen molar-refractivity contribution in [3.8, 4) is 5.75 Å². The first kappa shape index (κ1) is 20.9. The Morgan fingerprint density at radius 3 is 2.58 bits per heavy atom. The van der Waals surface area contributed by atoms with E-state index >= 15 is 0 Å². The van der Waals surface area contributed by atoms with Crippen molar-refractivity contribution >= 4 is 39.3 Å². The Balaban J connectivity index is 1.71. The maximum Gasteiger partial charge on any atom is 0.340 e. The average molecular weight is 437 g/mol. The first-order chi connectivity index (χ1) is 14.9. The summed E-state index contributed by atoms with van der Waals surface area (Å²) in [7, 11) is 1.28. The van der Waals surface area contributed by atoms with Gasteiger partial charge < -0.3 is 13.9 Å². The lowest BCUT2D eigenvalue weighted by Crippen LogP contribution is -2.16. The first-order valence-corrected chi connectivity index (χ1v) is 10.2. The molecule has 0 spiro atoms. The Morgan fingerprint density at radius 2 is 1.81 bits per heavy atom. The van der Waals surface area contributed by atoms with Gasteiger partial charge in [-0.25, -0.2) is 4.79 Å². The SMILES string of the molecule is COC(=O)Cc1c(C)c2cc(Cl)c(OCc3c(C)ccc4ccccc34)cc2oc1=O. The Labute approximate surface area is 184 Å². The molecule has 3 aromatic carbocycles. The molecule has 0 fully saturated rings. The summed E-state index contributed by atoms with van der Waals surface area (Å²) in [5, 5.41) is 3.30. The van der Waals surface area contributed by atoms with Crippen LogP contribution >= 0.6 is 11.6 Å². The summed E-state index contributed by atoms with van der Waals surface area (Å²) in [4.78, 5) is 24.1. The third kappa shape index (κ3) is 4.01. The van der Waals surface area contributed by atoms with Crippen molar-refractivity contribution < 1.29 is 18.7 Å². The fourth-order valence-corrected chi connectivity index (χ4v) is 3.93. The van der Waals surface area contributed by atoms with E-state index in [4.69, 9.17) is 20.8 Å². The standard InChI is InChI=1S/C25H21ClO5/c1-14-8-9-16-6-4-5-7-17(16)20(14)13-30-23-12-22-18(10-21(23)26)15(2)19(25(28)31-22)11-24(27)29-3/h4-10,12H,11,13H2,1-3H3. The Bertz CT molecular complexity index is 1370. The number of halogens is 1. The number of fused-ring (bicyclic) bond motifs is 2. The van der Waals surface area contributed by atoms with Crippen LogP contribution in [0.15, 0.2) is 57.7 Å². The molecular formula is C25H21ClO5. The van der Waals surface area contributed by atoms with Crippen molar-refractivity contribution in [2.75, 3.05) is 7.11 Å². The molecule has 0 unspecified atom stereocenters. The van der Waals surface area contributed by atoms with E-state index in [1.54, 1.807) is 19.1 Å². The fraction of sp³-hybridized carbons (Fsp3) is 0.200. The molecule has 0 saturated heterocycles. The second kappa shape index (κ2) is 8.44. The number of rotatable bonds is 5. The Kier molecular flexibility index (Phi) is 5.70. The molecule has 0 saturated carbocycles. The van der Waals surface area contributed by atoms with Crippen LogP contribution < -0.4 is 10.4 Å². The van der Waals surface area contributed by atoms with Crippen molar-refractivity contribution in [2.45, 2.75) is 26.9 Å². The minimum Gasteiger partial charge on any atom is -0.487 e. The predicted molar refractivity (Wildman–Crippen MR) is 121 cm³/mol. The van der Waals surface area contributed by atoms with Crippen LogP contribution in [0.5, 0.6) is 5.75 Å². The van der Waals surface area contributed by atoms with Crippen LogP contribution in [0.4, 0.5) is 0 Å². The molecule has 0 aliphatic rings. The van der Waals surface area contributed by atoms with Crippen LogP contribution in [0, 0.1) is 13.8 Å². The van der Waals surface area contributed by atoms with Crippen LogP contribution in [-0.2, 0) is 22.6 Å². The lowest BCUT2D eigenvalue weighted by molar-refractivity contribution is -0.139. The highest BCUT2D eigenvalue weighted by molar-refractivity contribution is 6.32. The lowest BCUT2D eigenvalue weighted by atomic mass is 10.0. The van der Waals surface area contributed by atoms with Gasteiger partial charge in [0.15, 0.2) is 0 Å². The summed E-state index contributed by atoms with van der Waals surface area (Å²) in [6, 6.07) is 15.6. The van der Waals surface area contributed by atoms with E-state index in [0.717, 1.165) is 21.9 Å². The number of carbonyl (C=O) groups excluding carboxylic acids is 1. The van der Waals surface area contributed by atoms with Gasteiger partial charge in [0.25, 0.3) is 0 Å². The molecule has 158 valence electrons. The van der Waals surface area contributed by atoms with E-state index in [9.17, 15) is 9.59 Å². The smallest absolute Gasteiger partial charge is 0.340 e. The third-order valence-corrected chi connectivity index (χ3v) is 5.83. The fourth-order valence-electron chi connectivity index (χ4n) is 3.71. The summed E-state index contributed by atoms with van der Waals surface area (Å²) in [5.41, 5.74) is 2.86. The summed E-state index contributed by atoms with van der Waals surface area (Å²) in [6.07, 6.45) is -0.156. The summed E-state index contributed by atoms with van der Waals surface area (Å²) >= 11 is 6.49. The largest absolute Gasteiger partial charge is 0.487 e. The zero-order valence-corrected chi connectivity index (χ0v) is 18.2. The zero-order chi connectivity index (χ0) is 22.1. The number of ether oxygens (including phenoxy) is 2. The number of methoxy groups -OCH3 is 1. The van der Waals surface area contributed by atoms with Gasteiger partial charge in [0.1, 0.15) is 17.9 Å². The van der Waals surface area contributed by atoms with Gasteiger partial charge in [-0.2, -0.15) is 0 Å². The minimum atomic E-state index is -0.575. The highest BCUT2D eigenvalue weighted by Gasteiger charge is 2.17. The molecule has 6 heteroatoms. The molecule has 0 N–H and O–H groups in total. The van der Waals surface area contributed by atoms with Gasteiger partial charge >= 0.3 is 11.6 Å². The molecule has 1 aromatic heterocycles. The molecule has 5 nitrogen and oxygen atoms in total. The molecule has 31 heavy (non-hydrogen) atoms. The van der Waals surface area contributed by atoms with Crippen LogP contribution in [0.3, 0.4) is 0 Å². The van der Waals surface area contributed by atoms with Gasteiger partial charge in [-0.15, -0.1) is 0 Å². The molecule has 4 aromatic rings. The van der Waals surface area contributed by atoms with Crippen LogP contribution in [0.1, 0.15) is 22.3 Å². The van der Waals surface area contributed by atoms with Crippen LogP contribution in [-0.4, -0.2) is 13.1 Å². The third-order valence-electron chi connectivity index (χ3n) is 5.54. The Morgan fingerprint density at radius 1 is 1.03 bits per heavy atom. The highest BCUT2D eigenvalue weighted by Crippen LogP contribution is 2.33. The molecule has 0 atom stereocenters. The molecular weight excluding hydrogens is 416 g/mol. The van der Waals surface area contributed by atoms with Crippen LogP contribution in [0.2, 0.25) is 5.02 Å². The maximum absolute atomic E-state index is 12.4. The number of hydrogen-bond donors (Lipinski definition) is 0. The normalized spacial score (nSPS) is 11.1. The minimum absolute atomic E-state index is 0.156. The highest BCUT2D eigenvalue weighted by atomic mass is 35.5. The maximum atomic E-state index is 12.4. The van der Waals surface area contributed by atoms with Gasteiger partial charge in [0, 0.05) is 17.0 Å².